The fraction of sp³-hybridized carbons (Fsp3) is 0.650. The molecule has 29 heavy (non-hydrogen) atoms. The molecular formula is C20H37IN4O3S. The molecule has 1 unspecified atom stereocenters. The van der Waals surface area contributed by atoms with Crippen LogP contribution in [0.3, 0.4) is 0 Å². The smallest absolute Gasteiger partial charge is 0.240 e. The molecule has 3 N–H and O–H groups in total. The first-order valence-electron chi connectivity index (χ1n) is 9.98. The first kappa shape index (κ1) is 28.1. The molecule has 1 rings (SSSR count). The summed E-state index contributed by atoms with van der Waals surface area (Å²) in [4.78, 5) is 4.51. The molecule has 1 aromatic carbocycles. The van der Waals surface area contributed by atoms with E-state index in [2.05, 4.69) is 34.2 Å². The number of hydrogen-bond acceptors (Lipinski definition) is 4. The Morgan fingerprint density at radius 1 is 1.24 bits per heavy atom. The van der Waals surface area contributed by atoms with Crippen LogP contribution in [0.2, 0.25) is 0 Å². The predicted octanol–water partition coefficient (Wildman–Crippen LogP) is 3.11. The second-order valence-electron chi connectivity index (χ2n) is 6.76. The summed E-state index contributed by atoms with van der Waals surface area (Å²) in [5, 5.41) is 6.63. The molecule has 0 saturated heterocycles. The third kappa shape index (κ3) is 11.2. The maximum absolute atomic E-state index is 12.3. The van der Waals surface area contributed by atoms with E-state index in [1.165, 1.54) is 26.4 Å². The summed E-state index contributed by atoms with van der Waals surface area (Å²) in [5.41, 5.74) is 0.871. The maximum Gasteiger partial charge on any atom is 0.240 e. The maximum atomic E-state index is 12.3. The van der Waals surface area contributed by atoms with E-state index in [1.54, 1.807) is 25.2 Å². The number of guanidine groups is 1. The molecule has 1 aromatic rings. The van der Waals surface area contributed by atoms with E-state index in [9.17, 15) is 8.42 Å². The van der Waals surface area contributed by atoms with Gasteiger partial charge < -0.3 is 15.4 Å². The van der Waals surface area contributed by atoms with Crippen LogP contribution in [0, 0.1) is 5.92 Å². The van der Waals surface area contributed by atoms with Crippen molar-refractivity contribution in [1.82, 2.24) is 15.4 Å². The zero-order chi connectivity index (χ0) is 20.8. The first-order chi connectivity index (χ1) is 13.5. The van der Waals surface area contributed by atoms with Crippen molar-refractivity contribution in [3.63, 3.8) is 0 Å². The summed E-state index contributed by atoms with van der Waals surface area (Å²) in [6.45, 7) is 6.38. The third-order valence-electron chi connectivity index (χ3n) is 4.59. The van der Waals surface area contributed by atoms with Crippen LogP contribution in [0.4, 0.5) is 0 Å². The largest absolute Gasteiger partial charge is 0.383 e. The van der Waals surface area contributed by atoms with Gasteiger partial charge in [0.15, 0.2) is 5.96 Å². The fourth-order valence-electron chi connectivity index (χ4n) is 2.77. The van der Waals surface area contributed by atoms with E-state index in [-0.39, 0.29) is 35.4 Å². The van der Waals surface area contributed by atoms with Gasteiger partial charge in [0.05, 0.1) is 11.5 Å². The summed E-state index contributed by atoms with van der Waals surface area (Å²) < 4.78 is 32.1. The zero-order valence-corrected chi connectivity index (χ0v) is 21.2. The minimum atomic E-state index is -3.54. The van der Waals surface area contributed by atoms with Gasteiger partial charge >= 0.3 is 0 Å². The van der Waals surface area contributed by atoms with Gasteiger partial charge in [-0.3, -0.25) is 4.99 Å². The lowest BCUT2D eigenvalue weighted by atomic mass is 9.99. The van der Waals surface area contributed by atoms with E-state index in [1.807, 2.05) is 6.07 Å². The van der Waals surface area contributed by atoms with E-state index in [0.29, 0.717) is 19.1 Å². The lowest BCUT2D eigenvalue weighted by Crippen LogP contribution is -2.39. The van der Waals surface area contributed by atoms with Crippen molar-refractivity contribution >= 4 is 40.0 Å². The fourth-order valence-corrected chi connectivity index (χ4v) is 3.86. The molecule has 7 nitrogen and oxygen atoms in total. The van der Waals surface area contributed by atoms with Crippen molar-refractivity contribution in [3.8, 4) is 0 Å². The molecule has 168 valence electrons. The van der Waals surface area contributed by atoms with Gasteiger partial charge in [0, 0.05) is 33.8 Å². The molecule has 0 aromatic heterocycles. The molecule has 0 aliphatic rings. The number of rotatable bonds is 13. The summed E-state index contributed by atoms with van der Waals surface area (Å²) in [7, 11) is -0.262. The lowest BCUT2D eigenvalue weighted by Gasteiger charge is -2.18. The van der Waals surface area contributed by atoms with Crippen molar-refractivity contribution in [2.24, 2.45) is 10.9 Å². The van der Waals surface area contributed by atoms with Crippen LogP contribution in [0.1, 0.15) is 45.1 Å². The van der Waals surface area contributed by atoms with Gasteiger partial charge in [-0.05, 0) is 30.0 Å². The average Bonchev–Trinajstić information content (AvgIpc) is 2.70. The monoisotopic (exact) mass is 540 g/mol. The summed E-state index contributed by atoms with van der Waals surface area (Å²) in [6, 6.07) is 6.90. The number of benzene rings is 1. The topological polar surface area (TPSA) is 91.8 Å². The molecule has 0 saturated carbocycles. The second-order valence-corrected chi connectivity index (χ2v) is 8.53. The van der Waals surface area contributed by atoms with Gasteiger partial charge in [-0.1, -0.05) is 45.2 Å². The number of sulfonamides is 1. The molecule has 0 bridgehead atoms. The third-order valence-corrected chi connectivity index (χ3v) is 6.05. The van der Waals surface area contributed by atoms with Crippen LogP contribution in [0.25, 0.3) is 0 Å². The van der Waals surface area contributed by atoms with Crippen LogP contribution >= 0.6 is 24.0 Å². The van der Waals surface area contributed by atoms with Crippen molar-refractivity contribution in [2.75, 3.05) is 33.9 Å². The minimum Gasteiger partial charge on any atom is -0.383 e. The highest BCUT2D eigenvalue weighted by Gasteiger charge is 2.14. The summed E-state index contributed by atoms with van der Waals surface area (Å²) >= 11 is 0. The Morgan fingerprint density at radius 2 is 2.00 bits per heavy atom. The Morgan fingerprint density at radius 3 is 2.62 bits per heavy atom. The summed E-state index contributed by atoms with van der Waals surface area (Å²) in [6.07, 6.45) is 4.81. The SMILES string of the molecule is CCCCC(CC)CNC(=NC)NCc1cccc(S(=O)(=O)NCCOC)c1.I. The van der Waals surface area contributed by atoms with Gasteiger partial charge in [0.2, 0.25) is 10.0 Å². The van der Waals surface area contributed by atoms with E-state index < -0.39 is 10.0 Å². The van der Waals surface area contributed by atoms with Crippen LogP contribution < -0.4 is 15.4 Å². The first-order valence-corrected chi connectivity index (χ1v) is 11.5. The minimum absolute atomic E-state index is 0. The highest BCUT2D eigenvalue weighted by molar-refractivity contribution is 14.0. The Bertz CT molecular complexity index is 699. The highest BCUT2D eigenvalue weighted by atomic mass is 127. The number of aliphatic imine (C=N–C) groups is 1. The number of nitrogens with one attached hydrogen (secondary N) is 3. The number of ether oxygens (including phenoxy) is 1. The van der Waals surface area contributed by atoms with Gasteiger partial charge in [0.1, 0.15) is 0 Å². The molecular weight excluding hydrogens is 503 g/mol. The van der Waals surface area contributed by atoms with Crippen molar-refractivity contribution in [1.29, 1.82) is 0 Å². The average molecular weight is 541 g/mol. The van der Waals surface area contributed by atoms with E-state index in [0.717, 1.165) is 24.5 Å². The number of halogens is 1. The molecule has 0 spiro atoms. The highest BCUT2D eigenvalue weighted by Crippen LogP contribution is 2.12. The van der Waals surface area contributed by atoms with Crippen molar-refractivity contribution in [2.45, 2.75) is 51.0 Å². The van der Waals surface area contributed by atoms with E-state index >= 15 is 0 Å². The van der Waals surface area contributed by atoms with Crippen LogP contribution in [-0.4, -0.2) is 48.2 Å². The molecule has 0 aliphatic carbocycles. The second kappa shape index (κ2) is 15.9. The van der Waals surface area contributed by atoms with E-state index in [4.69, 9.17) is 4.74 Å². The molecule has 9 heteroatoms. The Balaban J connectivity index is 0.00000784. The normalized spacial score (nSPS) is 12.9. The van der Waals surface area contributed by atoms with Gasteiger partial charge in [-0.15, -0.1) is 24.0 Å². The molecule has 0 aliphatic heterocycles. The summed E-state index contributed by atoms with van der Waals surface area (Å²) in [5.74, 6) is 1.35. The molecule has 0 fully saturated rings. The Labute approximate surface area is 193 Å². The molecule has 0 radical (unpaired) electrons. The Kier molecular flexibility index (Phi) is 15.4. The van der Waals surface area contributed by atoms with Gasteiger partial charge in [-0.2, -0.15) is 0 Å². The van der Waals surface area contributed by atoms with Gasteiger partial charge in [0.25, 0.3) is 0 Å². The van der Waals surface area contributed by atoms with Gasteiger partial charge in [-0.25, -0.2) is 13.1 Å². The number of nitrogens with zero attached hydrogens (tertiary/aromatic N) is 1. The predicted molar refractivity (Wildman–Crippen MR) is 130 cm³/mol. The number of methoxy groups -OCH3 is 1. The van der Waals surface area contributed by atoms with Crippen LogP contribution in [-0.2, 0) is 21.3 Å². The van der Waals surface area contributed by atoms with Crippen LogP contribution in [0.15, 0.2) is 34.2 Å². The number of unbranched alkanes of at least 4 members (excludes halogenated alkanes) is 1. The lowest BCUT2D eigenvalue weighted by molar-refractivity contribution is 0.204. The number of hydrogen-bond donors (Lipinski definition) is 3. The standard InChI is InChI=1S/C20H36N4O3S.HI/c1-5-7-9-17(6-2)15-22-20(21-3)23-16-18-10-8-11-19(14-18)28(25,26)24-12-13-27-4;/h8,10-11,14,17,24H,5-7,9,12-13,15-16H2,1-4H3,(H2,21,22,23);1H. The van der Waals surface area contributed by atoms with Crippen LogP contribution in [0.5, 0.6) is 0 Å². The molecule has 0 heterocycles. The van der Waals surface area contributed by atoms with Crippen molar-refractivity contribution < 1.29 is 13.2 Å². The quantitative estimate of drug-likeness (QED) is 0.155. The Hall–Kier alpha value is -0.910. The zero-order valence-electron chi connectivity index (χ0n) is 18.0. The molecule has 1 atom stereocenters. The molecule has 0 amide bonds. The van der Waals surface area contributed by atoms with Crippen molar-refractivity contribution in [3.05, 3.63) is 29.8 Å².